The minimum absolute atomic E-state index is 0.217. The summed E-state index contributed by atoms with van der Waals surface area (Å²) in [5, 5.41) is 4.53. The molecule has 0 aromatic heterocycles. The number of nitrogens with one attached hydrogen (secondary N) is 1. The number of carbonyl (C=O) groups excluding carboxylic acids is 1. The molecular formula is C16H14ClFN2O2. The van der Waals surface area contributed by atoms with Gasteiger partial charge in [-0.1, -0.05) is 29.8 Å². The third-order valence-corrected chi connectivity index (χ3v) is 3.13. The van der Waals surface area contributed by atoms with Crippen molar-refractivity contribution in [2.24, 2.45) is 5.10 Å². The van der Waals surface area contributed by atoms with Gasteiger partial charge in [-0.25, -0.2) is 9.82 Å². The maximum absolute atomic E-state index is 12.7. The van der Waals surface area contributed by atoms with Crippen LogP contribution in [0.3, 0.4) is 0 Å². The second-order valence-electron chi connectivity index (χ2n) is 4.45. The summed E-state index contributed by atoms with van der Waals surface area (Å²) < 4.78 is 17.9. The van der Waals surface area contributed by atoms with Crippen molar-refractivity contribution >= 4 is 23.2 Å². The largest absolute Gasteiger partial charge is 0.484 e. The summed E-state index contributed by atoms with van der Waals surface area (Å²) in [5.74, 6) is -0.379. The summed E-state index contributed by atoms with van der Waals surface area (Å²) in [7, 11) is 0. The zero-order valence-corrected chi connectivity index (χ0v) is 12.6. The van der Waals surface area contributed by atoms with Crippen molar-refractivity contribution in [3.63, 3.8) is 0 Å². The van der Waals surface area contributed by atoms with Crippen LogP contribution >= 0.6 is 11.6 Å². The van der Waals surface area contributed by atoms with Gasteiger partial charge in [0, 0.05) is 10.6 Å². The van der Waals surface area contributed by atoms with Gasteiger partial charge in [-0.05, 0) is 37.3 Å². The fourth-order valence-corrected chi connectivity index (χ4v) is 1.95. The van der Waals surface area contributed by atoms with E-state index < -0.39 is 5.91 Å². The summed E-state index contributed by atoms with van der Waals surface area (Å²) in [6.45, 7) is 1.52. The second kappa shape index (κ2) is 7.56. The Morgan fingerprint density at radius 1 is 1.23 bits per heavy atom. The Balaban J connectivity index is 1.88. The van der Waals surface area contributed by atoms with Crippen molar-refractivity contribution in [2.45, 2.75) is 6.92 Å². The van der Waals surface area contributed by atoms with Crippen molar-refractivity contribution in [1.82, 2.24) is 5.43 Å². The molecule has 2 aromatic rings. The van der Waals surface area contributed by atoms with Crippen LogP contribution in [0.1, 0.15) is 12.5 Å². The fourth-order valence-electron chi connectivity index (χ4n) is 1.67. The van der Waals surface area contributed by atoms with Gasteiger partial charge in [0.2, 0.25) is 0 Å². The van der Waals surface area contributed by atoms with Crippen LogP contribution in [0.4, 0.5) is 4.39 Å². The summed E-state index contributed by atoms with van der Waals surface area (Å²) in [4.78, 5) is 11.7. The van der Waals surface area contributed by atoms with E-state index in [0.717, 1.165) is 5.56 Å². The predicted octanol–water partition coefficient (Wildman–Crippen LogP) is 3.40. The molecule has 0 aliphatic carbocycles. The molecule has 0 atom stereocenters. The normalized spacial score (nSPS) is 11.1. The molecule has 0 radical (unpaired) electrons. The standard InChI is InChI=1S/C16H14ClFN2O2/c1-11(14-4-2-3-5-15(14)17)19-20-16(21)10-22-13-8-6-12(18)7-9-13/h2-9H,10H2,1H3,(H,20,21)/b19-11+. The number of carbonyl (C=O) groups is 1. The fraction of sp³-hybridized carbons (Fsp3) is 0.125. The van der Waals surface area contributed by atoms with Crippen LogP contribution in [0, 0.1) is 5.82 Å². The quantitative estimate of drug-likeness (QED) is 0.678. The molecule has 6 heteroatoms. The van der Waals surface area contributed by atoms with E-state index in [9.17, 15) is 9.18 Å². The van der Waals surface area contributed by atoms with Gasteiger partial charge in [-0.15, -0.1) is 0 Å². The lowest BCUT2D eigenvalue weighted by Crippen LogP contribution is -2.25. The molecule has 0 aliphatic heterocycles. The first kappa shape index (κ1) is 16.0. The average Bonchev–Trinajstić information content (AvgIpc) is 2.52. The van der Waals surface area contributed by atoms with Gasteiger partial charge in [0.05, 0.1) is 5.71 Å². The van der Waals surface area contributed by atoms with E-state index in [1.165, 1.54) is 24.3 Å². The maximum Gasteiger partial charge on any atom is 0.277 e. The van der Waals surface area contributed by atoms with Crippen molar-refractivity contribution < 1.29 is 13.9 Å². The Hall–Kier alpha value is -2.40. The molecule has 2 rings (SSSR count). The van der Waals surface area contributed by atoms with Gasteiger partial charge < -0.3 is 4.74 Å². The summed E-state index contributed by atoms with van der Waals surface area (Å²) >= 11 is 6.04. The van der Waals surface area contributed by atoms with Gasteiger partial charge in [-0.2, -0.15) is 5.10 Å². The number of hydrazone groups is 1. The Morgan fingerprint density at radius 2 is 1.91 bits per heavy atom. The van der Waals surface area contributed by atoms with Crippen LogP contribution in [0.5, 0.6) is 5.75 Å². The Morgan fingerprint density at radius 3 is 2.59 bits per heavy atom. The summed E-state index contributed by atoms with van der Waals surface area (Å²) in [6.07, 6.45) is 0. The monoisotopic (exact) mass is 320 g/mol. The molecule has 0 saturated carbocycles. The number of nitrogens with zero attached hydrogens (tertiary/aromatic N) is 1. The van der Waals surface area contributed by atoms with Gasteiger partial charge >= 0.3 is 0 Å². The molecule has 0 heterocycles. The van der Waals surface area contributed by atoms with Crippen LogP contribution in [0.15, 0.2) is 53.6 Å². The van der Waals surface area contributed by atoms with Crippen LogP contribution < -0.4 is 10.2 Å². The zero-order chi connectivity index (χ0) is 15.9. The minimum Gasteiger partial charge on any atom is -0.484 e. The Labute approximate surface area is 132 Å². The average molecular weight is 321 g/mol. The number of rotatable bonds is 5. The topological polar surface area (TPSA) is 50.7 Å². The molecule has 2 aromatic carbocycles. The summed E-state index contributed by atoms with van der Waals surface area (Å²) in [6, 6.07) is 12.6. The van der Waals surface area contributed by atoms with Gasteiger partial charge in [0.1, 0.15) is 11.6 Å². The highest BCUT2D eigenvalue weighted by atomic mass is 35.5. The molecule has 0 fully saturated rings. The predicted molar refractivity (Wildman–Crippen MR) is 83.7 cm³/mol. The number of hydrogen-bond acceptors (Lipinski definition) is 3. The highest BCUT2D eigenvalue weighted by Gasteiger charge is 2.05. The first-order valence-electron chi connectivity index (χ1n) is 6.52. The molecule has 22 heavy (non-hydrogen) atoms. The van der Waals surface area contributed by atoms with Crippen molar-refractivity contribution in [3.8, 4) is 5.75 Å². The van der Waals surface area contributed by atoms with Gasteiger partial charge in [0.15, 0.2) is 6.61 Å². The van der Waals surface area contributed by atoms with E-state index in [4.69, 9.17) is 16.3 Å². The number of ether oxygens (including phenoxy) is 1. The molecule has 4 nitrogen and oxygen atoms in total. The van der Waals surface area contributed by atoms with Crippen LogP contribution in [0.25, 0.3) is 0 Å². The van der Waals surface area contributed by atoms with E-state index >= 15 is 0 Å². The van der Waals surface area contributed by atoms with E-state index in [0.29, 0.717) is 16.5 Å². The number of amides is 1. The third-order valence-electron chi connectivity index (χ3n) is 2.80. The number of hydrogen-bond donors (Lipinski definition) is 1. The van der Waals surface area contributed by atoms with E-state index in [1.807, 2.05) is 18.2 Å². The van der Waals surface area contributed by atoms with E-state index in [1.54, 1.807) is 13.0 Å². The molecule has 0 bridgehead atoms. The molecule has 114 valence electrons. The van der Waals surface area contributed by atoms with Crippen LogP contribution in [-0.4, -0.2) is 18.2 Å². The lowest BCUT2D eigenvalue weighted by molar-refractivity contribution is -0.123. The van der Waals surface area contributed by atoms with Gasteiger partial charge in [0.25, 0.3) is 5.91 Å². The molecule has 0 aliphatic rings. The SMILES string of the molecule is C/C(=N\NC(=O)COc1ccc(F)cc1)c1ccccc1Cl. The molecule has 0 saturated heterocycles. The first-order chi connectivity index (χ1) is 10.6. The smallest absolute Gasteiger partial charge is 0.277 e. The summed E-state index contributed by atoms with van der Waals surface area (Å²) in [5.41, 5.74) is 3.70. The van der Waals surface area contributed by atoms with Crippen LogP contribution in [0.2, 0.25) is 5.02 Å². The third kappa shape index (κ3) is 4.56. The molecule has 1 N–H and O–H groups in total. The highest BCUT2D eigenvalue weighted by molar-refractivity contribution is 6.34. The number of halogens is 2. The Kier molecular flexibility index (Phi) is 5.49. The molecule has 0 spiro atoms. The van der Waals surface area contributed by atoms with Crippen molar-refractivity contribution in [1.29, 1.82) is 0 Å². The highest BCUT2D eigenvalue weighted by Crippen LogP contribution is 2.15. The van der Waals surface area contributed by atoms with Crippen molar-refractivity contribution in [3.05, 3.63) is 64.9 Å². The molecule has 0 unspecified atom stereocenters. The lowest BCUT2D eigenvalue weighted by atomic mass is 10.1. The lowest BCUT2D eigenvalue weighted by Gasteiger charge is -2.06. The first-order valence-corrected chi connectivity index (χ1v) is 6.90. The van der Waals surface area contributed by atoms with E-state index in [2.05, 4.69) is 10.5 Å². The second-order valence-corrected chi connectivity index (χ2v) is 4.86. The van der Waals surface area contributed by atoms with Gasteiger partial charge in [-0.3, -0.25) is 4.79 Å². The maximum atomic E-state index is 12.7. The van der Waals surface area contributed by atoms with Crippen LogP contribution in [-0.2, 0) is 4.79 Å². The number of benzene rings is 2. The minimum atomic E-state index is -0.421. The van der Waals surface area contributed by atoms with Crippen molar-refractivity contribution in [2.75, 3.05) is 6.61 Å². The zero-order valence-electron chi connectivity index (χ0n) is 11.8. The van der Waals surface area contributed by atoms with E-state index in [-0.39, 0.29) is 12.4 Å². The molecule has 1 amide bonds. The Bertz CT molecular complexity index is 687. The molecular weight excluding hydrogens is 307 g/mol.